The Morgan fingerprint density at radius 2 is 1.83 bits per heavy atom. The summed E-state index contributed by atoms with van der Waals surface area (Å²) in [5.41, 5.74) is -0.901. The van der Waals surface area contributed by atoms with Gasteiger partial charge in [-0.25, -0.2) is 9.59 Å². The summed E-state index contributed by atoms with van der Waals surface area (Å²) in [7, 11) is 2.91. The lowest BCUT2D eigenvalue weighted by atomic mass is 9.80. The largest absolute Gasteiger partial charge is 0.466 e. The zero-order valence-electron chi connectivity index (χ0n) is 18.9. The molecule has 0 aromatic carbocycles. The number of carbonyl (C=O) groups excluding carboxylic acids is 3. The van der Waals surface area contributed by atoms with Crippen LogP contribution in [-0.2, 0) is 23.8 Å². The predicted octanol–water partition coefficient (Wildman–Crippen LogP) is 2.71. The first-order valence-electron chi connectivity index (χ1n) is 9.97. The van der Waals surface area contributed by atoms with Gasteiger partial charge in [-0.3, -0.25) is 4.79 Å². The molecule has 2 N–H and O–H groups in total. The van der Waals surface area contributed by atoms with Crippen LogP contribution in [0.2, 0.25) is 0 Å². The Bertz CT molecular complexity index is 640. The molecule has 0 aliphatic heterocycles. The fourth-order valence-corrected chi connectivity index (χ4v) is 3.76. The van der Waals surface area contributed by atoms with E-state index in [1.54, 1.807) is 34.0 Å². The summed E-state index contributed by atoms with van der Waals surface area (Å²) >= 11 is 0. The van der Waals surface area contributed by atoms with Gasteiger partial charge in [0, 0.05) is 38.0 Å². The number of hydrogen-bond donors (Lipinski definition) is 2. The maximum absolute atomic E-state index is 12.4. The molecule has 0 spiro atoms. The van der Waals surface area contributed by atoms with Crippen LogP contribution in [-0.4, -0.2) is 55.5 Å². The van der Waals surface area contributed by atoms with Crippen molar-refractivity contribution in [3.05, 3.63) is 11.6 Å². The second-order valence-electron chi connectivity index (χ2n) is 8.66. The number of hydrogen-bond acceptors (Lipinski definition) is 6. The van der Waals surface area contributed by atoms with E-state index in [9.17, 15) is 14.4 Å². The highest BCUT2D eigenvalue weighted by Crippen LogP contribution is 2.36. The van der Waals surface area contributed by atoms with Gasteiger partial charge in [-0.15, -0.1) is 0 Å². The summed E-state index contributed by atoms with van der Waals surface area (Å²) < 4.78 is 16.1. The third-order valence-corrected chi connectivity index (χ3v) is 5.06. The van der Waals surface area contributed by atoms with Crippen molar-refractivity contribution in [2.24, 2.45) is 5.92 Å². The predicted molar refractivity (Wildman–Crippen MR) is 109 cm³/mol. The van der Waals surface area contributed by atoms with E-state index in [1.165, 1.54) is 14.0 Å². The number of rotatable bonds is 8. The third-order valence-electron chi connectivity index (χ3n) is 5.06. The Kier molecular flexibility index (Phi) is 8.68. The van der Waals surface area contributed by atoms with E-state index in [-0.39, 0.29) is 18.2 Å². The molecule has 0 aromatic heterocycles. The maximum atomic E-state index is 12.4. The summed E-state index contributed by atoms with van der Waals surface area (Å²) in [5.74, 6) is -1.05. The van der Waals surface area contributed by atoms with E-state index in [0.29, 0.717) is 12.0 Å². The number of esters is 1. The van der Waals surface area contributed by atoms with Crippen LogP contribution in [0, 0.1) is 5.92 Å². The first kappa shape index (κ1) is 24.9. The lowest BCUT2D eigenvalue weighted by molar-refractivity contribution is -0.136. The number of methoxy groups -OCH3 is 2. The molecule has 0 aromatic rings. The molecule has 0 fully saturated rings. The molecule has 0 unspecified atom stereocenters. The first-order valence-corrected chi connectivity index (χ1v) is 9.97. The van der Waals surface area contributed by atoms with Gasteiger partial charge >= 0.3 is 12.1 Å². The third kappa shape index (κ3) is 7.03. The molecular weight excluding hydrogens is 376 g/mol. The number of ether oxygens (including phenoxy) is 3. The highest BCUT2D eigenvalue weighted by Gasteiger charge is 2.46. The van der Waals surface area contributed by atoms with Crippen molar-refractivity contribution < 1.29 is 28.6 Å². The number of alkyl carbamates (subject to hydrolysis) is 1. The van der Waals surface area contributed by atoms with Crippen LogP contribution in [0.3, 0.4) is 0 Å². The lowest BCUT2D eigenvalue weighted by Gasteiger charge is -2.41. The minimum Gasteiger partial charge on any atom is -0.466 e. The summed E-state index contributed by atoms with van der Waals surface area (Å²) in [4.78, 5) is 36.5. The molecule has 1 rings (SSSR count). The van der Waals surface area contributed by atoms with E-state index in [2.05, 4.69) is 10.6 Å². The molecule has 166 valence electrons. The fraction of sp³-hybridized carbons (Fsp3) is 0.762. The van der Waals surface area contributed by atoms with Gasteiger partial charge in [0.2, 0.25) is 5.91 Å². The van der Waals surface area contributed by atoms with Crippen molar-refractivity contribution in [1.29, 1.82) is 0 Å². The zero-order valence-corrected chi connectivity index (χ0v) is 18.9. The van der Waals surface area contributed by atoms with Gasteiger partial charge in [-0.1, -0.05) is 19.4 Å². The molecule has 0 bridgehead atoms. The maximum Gasteiger partial charge on any atom is 0.407 e. The lowest BCUT2D eigenvalue weighted by Crippen LogP contribution is -2.59. The Labute approximate surface area is 173 Å². The molecule has 8 nitrogen and oxygen atoms in total. The summed E-state index contributed by atoms with van der Waals surface area (Å²) in [5, 5.41) is 5.83. The zero-order chi connectivity index (χ0) is 22.4. The molecule has 0 radical (unpaired) electrons. The van der Waals surface area contributed by atoms with Crippen molar-refractivity contribution in [3.8, 4) is 0 Å². The van der Waals surface area contributed by atoms with Gasteiger partial charge in [-0.05, 0) is 34.1 Å². The van der Waals surface area contributed by atoms with Crippen molar-refractivity contribution in [2.45, 2.75) is 84.1 Å². The van der Waals surface area contributed by atoms with Gasteiger partial charge in [0.1, 0.15) is 5.60 Å². The second-order valence-corrected chi connectivity index (χ2v) is 8.66. The molecule has 4 atom stereocenters. The van der Waals surface area contributed by atoms with E-state index < -0.39 is 35.3 Å². The Hall–Kier alpha value is -2.09. The Morgan fingerprint density at radius 1 is 1.21 bits per heavy atom. The fourth-order valence-electron chi connectivity index (χ4n) is 3.76. The van der Waals surface area contributed by atoms with Crippen LogP contribution < -0.4 is 10.6 Å². The van der Waals surface area contributed by atoms with Gasteiger partial charge in [-0.2, -0.15) is 0 Å². The minimum atomic E-state index is -0.693. The Balaban J connectivity index is 3.28. The van der Waals surface area contributed by atoms with Gasteiger partial charge < -0.3 is 24.8 Å². The summed E-state index contributed by atoms with van der Waals surface area (Å²) in [6.07, 6.45) is 2.99. The van der Waals surface area contributed by atoms with Crippen LogP contribution in [0.5, 0.6) is 0 Å². The van der Waals surface area contributed by atoms with Crippen LogP contribution in [0.25, 0.3) is 0 Å². The SMILES string of the molecule is CCC[C@](C)(OC)[C@H](NC(C)=O)[C@@H]1C=C(C(=O)OC)C[C@H]1NC(=O)OC(C)(C)C. The van der Waals surface area contributed by atoms with Crippen LogP contribution in [0.1, 0.15) is 60.8 Å². The van der Waals surface area contributed by atoms with Gasteiger partial charge in [0.05, 0.1) is 18.8 Å². The molecule has 1 aliphatic rings. The van der Waals surface area contributed by atoms with Crippen LogP contribution in [0.15, 0.2) is 11.6 Å². The molecule has 8 heteroatoms. The second kappa shape index (κ2) is 10.1. The molecule has 0 heterocycles. The van der Waals surface area contributed by atoms with E-state index in [4.69, 9.17) is 14.2 Å². The van der Waals surface area contributed by atoms with Crippen LogP contribution in [0.4, 0.5) is 4.79 Å². The molecule has 2 amide bonds. The molecule has 0 saturated heterocycles. The average Bonchev–Trinajstić information content (AvgIpc) is 3.00. The molecule has 1 aliphatic carbocycles. The molecular formula is C21H36N2O6. The van der Waals surface area contributed by atoms with E-state index >= 15 is 0 Å². The van der Waals surface area contributed by atoms with E-state index in [1.807, 2.05) is 13.8 Å². The van der Waals surface area contributed by atoms with Crippen molar-refractivity contribution in [1.82, 2.24) is 10.6 Å². The normalized spacial score (nSPS) is 22.1. The standard InChI is InChI=1S/C21H36N2O6/c1-9-10-21(6,28-8)17(22-13(2)24)15-11-14(18(25)27-7)12-16(15)23-19(26)29-20(3,4)5/h11,15-17H,9-10,12H2,1-8H3,(H,22,24)(H,23,26)/t15-,16-,17-,21+/m1/s1. The highest BCUT2D eigenvalue weighted by molar-refractivity contribution is 5.89. The number of amides is 2. The number of carbonyl (C=O) groups is 3. The van der Waals surface area contributed by atoms with Crippen molar-refractivity contribution in [2.75, 3.05) is 14.2 Å². The van der Waals surface area contributed by atoms with Crippen LogP contribution >= 0.6 is 0 Å². The first-order chi connectivity index (χ1) is 13.4. The van der Waals surface area contributed by atoms with Gasteiger partial charge in [0.25, 0.3) is 0 Å². The smallest absolute Gasteiger partial charge is 0.407 e. The van der Waals surface area contributed by atoms with Crippen molar-refractivity contribution in [3.63, 3.8) is 0 Å². The average molecular weight is 413 g/mol. The quantitative estimate of drug-likeness (QED) is 0.594. The number of nitrogens with one attached hydrogen (secondary N) is 2. The monoisotopic (exact) mass is 412 g/mol. The van der Waals surface area contributed by atoms with Crippen molar-refractivity contribution >= 4 is 18.0 Å². The summed E-state index contributed by atoms with van der Waals surface area (Å²) in [6.45, 7) is 10.7. The summed E-state index contributed by atoms with van der Waals surface area (Å²) in [6, 6.07) is -0.922. The molecule has 0 saturated carbocycles. The van der Waals surface area contributed by atoms with E-state index in [0.717, 1.165) is 6.42 Å². The minimum absolute atomic E-state index is 0.217. The molecule has 29 heavy (non-hydrogen) atoms. The topological polar surface area (TPSA) is 103 Å². The Morgan fingerprint density at radius 3 is 2.28 bits per heavy atom. The highest BCUT2D eigenvalue weighted by atomic mass is 16.6. The van der Waals surface area contributed by atoms with Gasteiger partial charge in [0.15, 0.2) is 0 Å².